The van der Waals surface area contributed by atoms with E-state index in [0.717, 1.165) is 17.7 Å². The number of amides is 1. The van der Waals surface area contributed by atoms with Crippen LogP contribution < -0.4 is 14.3 Å². The highest BCUT2D eigenvalue weighted by molar-refractivity contribution is 7.90. The molecule has 0 saturated heterocycles. The Morgan fingerprint density at radius 1 is 1.35 bits per heavy atom. The van der Waals surface area contributed by atoms with Gasteiger partial charge in [0.1, 0.15) is 0 Å². The van der Waals surface area contributed by atoms with E-state index < -0.39 is 10.2 Å². The van der Waals surface area contributed by atoms with Crippen molar-refractivity contribution < 1.29 is 13.2 Å². The number of fused-ring (bicyclic) bond motifs is 1. The fourth-order valence-electron chi connectivity index (χ4n) is 2.26. The van der Waals surface area contributed by atoms with E-state index in [-0.39, 0.29) is 11.9 Å². The minimum atomic E-state index is -3.59. The number of hydrogen-bond donors (Lipinski definition) is 2. The summed E-state index contributed by atoms with van der Waals surface area (Å²) in [7, 11) is -3.59. The second-order valence-electron chi connectivity index (χ2n) is 5.14. The number of carbonyl (C=O) groups excluding carboxylic acids is 1. The van der Waals surface area contributed by atoms with Gasteiger partial charge in [0, 0.05) is 25.2 Å². The zero-order chi connectivity index (χ0) is 14.9. The molecule has 0 bridgehead atoms. The fourth-order valence-corrected chi connectivity index (χ4v) is 3.38. The normalized spacial score (nSPS) is 14.5. The van der Waals surface area contributed by atoms with Crippen LogP contribution in [0.4, 0.5) is 11.4 Å². The van der Waals surface area contributed by atoms with Crippen LogP contribution in [-0.4, -0.2) is 26.9 Å². The predicted octanol–water partition coefficient (Wildman–Crippen LogP) is 1.25. The average molecular weight is 297 g/mol. The van der Waals surface area contributed by atoms with Crippen molar-refractivity contribution in [1.82, 2.24) is 4.72 Å². The van der Waals surface area contributed by atoms with E-state index in [4.69, 9.17) is 0 Å². The summed E-state index contributed by atoms with van der Waals surface area (Å²) in [5, 5.41) is 0. The van der Waals surface area contributed by atoms with Gasteiger partial charge in [-0.2, -0.15) is 13.1 Å². The Labute approximate surface area is 119 Å². The lowest BCUT2D eigenvalue weighted by atomic mass is 10.1. The molecule has 110 valence electrons. The van der Waals surface area contributed by atoms with Crippen molar-refractivity contribution in [3.8, 4) is 0 Å². The van der Waals surface area contributed by atoms with E-state index in [9.17, 15) is 13.2 Å². The lowest BCUT2D eigenvalue weighted by molar-refractivity contribution is -0.116. The summed E-state index contributed by atoms with van der Waals surface area (Å²) in [4.78, 5) is 13.2. The molecule has 0 radical (unpaired) electrons. The van der Waals surface area contributed by atoms with Crippen LogP contribution in [0.2, 0.25) is 0 Å². The highest BCUT2D eigenvalue weighted by Crippen LogP contribution is 2.31. The molecule has 6 nitrogen and oxygen atoms in total. The van der Waals surface area contributed by atoms with Crippen molar-refractivity contribution in [3.05, 3.63) is 23.8 Å². The molecular formula is C13H19N3O3S. The summed E-state index contributed by atoms with van der Waals surface area (Å²) in [6.07, 6.45) is 0.798. The number of rotatable bonds is 4. The van der Waals surface area contributed by atoms with Crippen molar-refractivity contribution in [2.45, 2.75) is 33.2 Å². The molecule has 0 aliphatic carbocycles. The third-order valence-electron chi connectivity index (χ3n) is 3.00. The Kier molecular flexibility index (Phi) is 4.01. The molecule has 2 rings (SSSR count). The van der Waals surface area contributed by atoms with Gasteiger partial charge in [-0.15, -0.1) is 0 Å². The average Bonchev–Trinajstić information content (AvgIpc) is 2.69. The smallest absolute Gasteiger partial charge is 0.299 e. The number of nitrogens with zero attached hydrogens (tertiary/aromatic N) is 1. The third-order valence-corrected chi connectivity index (χ3v) is 4.29. The minimum absolute atomic E-state index is 0.0379. The number of anilines is 2. The SMILES string of the molecule is CC(=O)N1CCc2ccc(NS(=O)(=O)NC(C)C)cc21. The van der Waals surface area contributed by atoms with E-state index in [0.29, 0.717) is 12.2 Å². The first-order valence-corrected chi connectivity index (χ1v) is 7.98. The summed E-state index contributed by atoms with van der Waals surface area (Å²) >= 11 is 0. The van der Waals surface area contributed by atoms with Gasteiger partial charge in [0.15, 0.2) is 0 Å². The van der Waals surface area contributed by atoms with Gasteiger partial charge in [0.2, 0.25) is 5.91 Å². The van der Waals surface area contributed by atoms with Gasteiger partial charge in [0.25, 0.3) is 10.2 Å². The van der Waals surface area contributed by atoms with Crippen molar-refractivity contribution in [2.24, 2.45) is 0 Å². The maximum Gasteiger partial charge on any atom is 0.299 e. The first-order valence-electron chi connectivity index (χ1n) is 6.49. The second kappa shape index (κ2) is 5.41. The van der Waals surface area contributed by atoms with Crippen LogP contribution in [0, 0.1) is 0 Å². The molecule has 0 atom stereocenters. The lowest BCUT2D eigenvalue weighted by Crippen LogP contribution is -2.35. The minimum Gasteiger partial charge on any atom is -0.312 e. The Morgan fingerprint density at radius 3 is 2.65 bits per heavy atom. The van der Waals surface area contributed by atoms with Crippen LogP contribution in [0.5, 0.6) is 0 Å². The van der Waals surface area contributed by atoms with E-state index in [1.807, 2.05) is 6.07 Å². The molecule has 1 amide bonds. The number of benzene rings is 1. The second-order valence-corrected chi connectivity index (χ2v) is 6.59. The first kappa shape index (κ1) is 14.8. The highest BCUT2D eigenvalue weighted by Gasteiger charge is 2.23. The van der Waals surface area contributed by atoms with Crippen LogP contribution in [0.25, 0.3) is 0 Å². The third kappa shape index (κ3) is 3.29. The predicted molar refractivity (Wildman–Crippen MR) is 79.0 cm³/mol. The molecule has 2 N–H and O–H groups in total. The van der Waals surface area contributed by atoms with Gasteiger partial charge in [-0.25, -0.2) is 0 Å². The number of hydrogen-bond acceptors (Lipinski definition) is 3. The Bertz CT molecular complexity index is 626. The van der Waals surface area contributed by atoms with Gasteiger partial charge < -0.3 is 4.90 Å². The molecule has 0 unspecified atom stereocenters. The molecule has 1 aliphatic heterocycles. The van der Waals surface area contributed by atoms with E-state index in [2.05, 4.69) is 9.44 Å². The summed E-state index contributed by atoms with van der Waals surface area (Å²) in [5.74, 6) is -0.0379. The fraction of sp³-hybridized carbons (Fsp3) is 0.462. The van der Waals surface area contributed by atoms with Gasteiger partial charge in [-0.05, 0) is 38.0 Å². The summed E-state index contributed by atoms with van der Waals surface area (Å²) in [5.41, 5.74) is 2.28. The lowest BCUT2D eigenvalue weighted by Gasteiger charge is -2.16. The molecule has 1 aliphatic rings. The molecule has 0 aromatic heterocycles. The largest absolute Gasteiger partial charge is 0.312 e. The molecule has 0 fully saturated rings. The van der Waals surface area contributed by atoms with Gasteiger partial charge >= 0.3 is 0 Å². The molecule has 20 heavy (non-hydrogen) atoms. The van der Waals surface area contributed by atoms with Crippen molar-refractivity contribution >= 4 is 27.5 Å². The zero-order valence-corrected chi connectivity index (χ0v) is 12.6. The van der Waals surface area contributed by atoms with Crippen LogP contribution in [-0.2, 0) is 21.4 Å². The standard InChI is InChI=1S/C13H19N3O3S/c1-9(2)14-20(18,19)15-12-5-4-11-6-7-16(10(3)17)13(11)8-12/h4-5,8-9,14-15H,6-7H2,1-3H3. The molecule has 0 spiro atoms. The highest BCUT2D eigenvalue weighted by atomic mass is 32.2. The number of nitrogens with one attached hydrogen (secondary N) is 2. The Morgan fingerprint density at radius 2 is 2.05 bits per heavy atom. The monoisotopic (exact) mass is 297 g/mol. The quantitative estimate of drug-likeness (QED) is 0.878. The molecule has 1 aromatic carbocycles. The first-order chi connectivity index (χ1) is 9.28. The van der Waals surface area contributed by atoms with Gasteiger partial charge in [-0.3, -0.25) is 9.52 Å². The van der Waals surface area contributed by atoms with E-state index in [1.165, 1.54) is 6.92 Å². The zero-order valence-electron chi connectivity index (χ0n) is 11.8. The van der Waals surface area contributed by atoms with Crippen molar-refractivity contribution in [2.75, 3.05) is 16.2 Å². The Hall–Kier alpha value is -1.60. The molecular weight excluding hydrogens is 278 g/mol. The maximum absolute atomic E-state index is 11.8. The summed E-state index contributed by atoms with van der Waals surface area (Å²) in [6.45, 7) is 5.65. The maximum atomic E-state index is 11.8. The van der Waals surface area contributed by atoms with Crippen LogP contribution in [0.3, 0.4) is 0 Å². The Balaban J connectivity index is 2.24. The van der Waals surface area contributed by atoms with Crippen LogP contribution in [0.15, 0.2) is 18.2 Å². The van der Waals surface area contributed by atoms with Gasteiger partial charge in [-0.1, -0.05) is 6.07 Å². The summed E-state index contributed by atoms with van der Waals surface area (Å²) in [6, 6.07) is 5.08. The topological polar surface area (TPSA) is 78.5 Å². The van der Waals surface area contributed by atoms with E-state index >= 15 is 0 Å². The molecule has 0 saturated carbocycles. The van der Waals surface area contributed by atoms with E-state index in [1.54, 1.807) is 30.9 Å². The molecule has 1 aromatic rings. The summed E-state index contributed by atoms with van der Waals surface area (Å²) < 4.78 is 28.6. The van der Waals surface area contributed by atoms with Crippen molar-refractivity contribution in [1.29, 1.82) is 0 Å². The molecule has 1 heterocycles. The molecule has 7 heteroatoms. The van der Waals surface area contributed by atoms with Crippen LogP contribution in [0.1, 0.15) is 26.3 Å². The number of carbonyl (C=O) groups is 1. The van der Waals surface area contributed by atoms with Crippen LogP contribution >= 0.6 is 0 Å². The van der Waals surface area contributed by atoms with Gasteiger partial charge in [0.05, 0.1) is 5.69 Å². The van der Waals surface area contributed by atoms with Crippen molar-refractivity contribution in [3.63, 3.8) is 0 Å².